The average molecular weight is 348 g/mol. The summed E-state index contributed by atoms with van der Waals surface area (Å²) in [4.78, 5) is 0. The molecule has 0 radical (unpaired) electrons. The smallest absolute Gasteiger partial charge is 0.124 e. The Morgan fingerprint density at radius 3 is 2.31 bits per heavy atom. The maximum atomic E-state index is 6.23. The van der Waals surface area contributed by atoms with Gasteiger partial charge in [0.25, 0.3) is 0 Å². The molecule has 3 rings (SSSR count). The first-order valence-electron chi connectivity index (χ1n) is 9.68. The van der Waals surface area contributed by atoms with Crippen molar-refractivity contribution in [1.29, 1.82) is 0 Å². The first-order chi connectivity index (χ1) is 12.7. The topological polar surface area (TPSA) is 21.3 Å². The van der Waals surface area contributed by atoms with Crippen LogP contribution in [0.15, 0.2) is 66.7 Å². The van der Waals surface area contributed by atoms with Gasteiger partial charge in [-0.3, -0.25) is 0 Å². The molecule has 0 aromatic heterocycles. The largest absolute Gasteiger partial charge is 0.490 e. The first-order valence-corrected chi connectivity index (χ1v) is 9.68. The van der Waals surface area contributed by atoms with E-state index in [1.165, 1.54) is 21.9 Å². The van der Waals surface area contributed by atoms with Crippen molar-refractivity contribution in [3.63, 3.8) is 0 Å². The highest BCUT2D eigenvalue weighted by Gasteiger charge is 2.14. The van der Waals surface area contributed by atoms with E-state index in [1.807, 2.05) is 0 Å². The SMILES string of the molecule is CCC(C)Oc1ccc2ccccc2c1CNC(CC)c1ccccc1. The first kappa shape index (κ1) is 18.5. The molecule has 3 aromatic rings. The zero-order chi connectivity index (χ0) is 18.4. The van der Waals surface area contributed by atoms with Crippen molar-refractivity contribution in [2.24, 2.45) is 0 Å². The Hall–Kier alpha value is -2.32. The third-order valence-corrected chi connectivity index (χ3v) is 5.04. The van der Waals surface area contributed by atoms with Crippen molar-refractivity contribution in [2.75, 3.05) is 0 Å². The fourth-order valence-corrected chi connectivity index (χ4v) is 3.32. The van der Waals surface area contributed by atoms with Crippen LogP contribution >= 0.6 is 0 Å². The van der Waals surface area contributed by atoms with Crippen molar-refractivity contribution in [2.45, 2.75) is 52.3 Å². The maximum Gasteiger partial charge on any atom is 0.124 e. The Morgan fingerprint density at radius 2 is 1.58 bits per heavy atom. The second-order valence-electron chi connectivity index (χ2n) is 6.85. The predicted octanol–water partition coefficient (Wildman–Crippen LogP) is 6.26. The normalized spacial score (nSPS) is 13.5. The second kappa shape index (κ2) is 8.86. The van der Waals surface area contributed by atoms with Gasteiger partial charge in [0.1, 0.15) is 5.75 Å². The van der Waals surface area contributed by atoms with Crippen LogP contribution in [0.4, 0.5) is 0 Å². The van der Waals surface area contributed by atoms with Crippen LogP contribution in [0.3, 0.4) is 0 Å². The van der Waals surface area contributed by atoms with Crippen molar-refractivity contribution in [3.8, 4) is 5.75 Å². The van der Waals surface area contributed by atoms with Crippen LogP contribution in [0.25, 0.3) is 10.8 Å². The van der Waals surface area contributed by atoms with Crippen LogP contribution in [-0.2, 0) is 6.54 Å². The van der Waals surface area contributed by atoms with E-state index in [0.717, 1.165) is 25.1 Å². The lowest BCUT2D eigenvalue weighted by molar-refractivity contribution is 0.215. The molecule has 3 aromatic carbocycles. The molecule has 2 nitrogen and oxygen atoms in total. The number of ether oxygens (including phenoxy) is 1. The number of hydrogen-bond acceptors (Lipinski definition) is 2. The number of fused-ring (bicyclic) bond motifs is 1. The van der Waals surface area contributed by atoms with Gasteiger partial charge in [0.15, 0.2) is 0 Å². The van der Waals surface area contributed by atoms with Gasteiger partial charge in [-0.15, -0.1) is 0 Å². The second-order valence-corrected chi connectivity index (χ2v) is 6.85. The third kappa shape index (κ3) is 4.25. The van der Waals surface area contributed by atoms with E-state index < -0.39 is 0 Å². The quantitative estimate of drug-likeness (QED) is 0.519. The summed E-state index contributed by atoms with van der Waals surface area (Å²) in [5, 5.41) is 6.27. The number of rotatable bonds is 8. The van der Waals surface area contributed by atoms with E-state index in [4.69, 9.17) is 4.74 Å². The molecule has 0 aliphatic heterocycles. The highest BCUT2D eigenvalue weighted by molar-refractivity contribution is 5.87. The molecular formula is C24H29NO. The summed E-state index contributed by atoms with van der Waals surface area (Å²) in [6.45, 7) is 7.31. The molecule has 0 fully saturated rings. The van der Waals surface area contributed by atoms with E-state index in [0.29, 0.717) is 6.04 Å². The molecule has 2 heteroatoms. The highest BCUT2D eigenvalue weighted by Crippen LogP contribution is 2.30. The monoisotopic (exact) mass is 347 g/mol. The summed E-state index contributed by atoms with van der Waals surface area (Å²) in [5.74, 6) is 0.994. The van der Waals surface area contributed by atoms with Gasteiger partial charge in [-0.2, -0.15) is 0 Å². The molecule has 2 atom stereocenters. The van der Waals surface area contributed by atoms with E-state index >= 15 is 0 Å². The lowest BCUT2D eigenvalue weighted by Crippen LogP contribution is -2.21. The molecule has 0 heterocycles. The summed E-state index contributed by atoms with van der Waals surface area (Å²) in [6.07, 6.45) is 2.27. The summed E-state index contributed by atoms with van der Waals surface area (Å²) in [5.41, 5.74) is 2.58. The zero-order valence-corrected chi connectivity index (χ0v) is 16.0. The summed E-state index contributed by atoms with van der Waals surface area (Å²) in [6, 6.07) is 23.8. The summed E-state index contributed by atoms with van der Waals surface area (Å²) >= 11 is 0. The Bertz CT molecular complexity index is 828. The maximum absolute atomic E-state index is 6.23. The van der Waals surface area contributed by atoms with Gasteiger partial charge in [0.05, 0.1) is 6.10 Å². The zero-order valence-electron chi connectivity index (χ0n) is 16.0. The van der Waals surface area contributed by atoms with Gasteiger partial charge >= 0.3 is 0 Å². The van der Waals surface area contributed by atoms with Crippen molar-refractivity contribution >= 4 is 10.8 Å². The molecule has 26 heavy (non-hydrogen) atoms. The molecule has 1 N–H and O–H groups in total. The molecule has 0 bridgehead atoms. The van der Waals surface area contributed by atoms with E-state index in [-0.39, 0.29) is 6.10 Å². The average Bonchev–Trinajstić information content (AvgIpc) is 2.70. The van der Waals surface area contributed by atoms with Gasteiger partial charge < -0.3 is 10.1 Å². The Labute approximate surface area is 157 Å². The van der Waals surface area contributed by atoms with Crippen LogP contribution in [-0.4, -0.2) is 6.10 Å². The van der Waals surface area contributed by atoms with Gasteiger partial charge in [0.2, 0.25) is 0 Å². The minimum Gasteiger partial charge on any atom is -0.490 e. The van der Waals surface area contributed by atoms with Crippen molar-refractivity contribution in [3.05, 3.63) is 77.9 Å². The van der Waals surface area contributed by atoms with Crippen LogP contribution < -0.4 is 10.1 Å². The van der Waals surface area contributed by atoms with Crippen LogP contribution in [0.1, 0.15) is 50.8 Å². The number of hydrogen-bond donors (Lipinski definition) is 1. The fourth-order valence-electron chi connectivity index (χ4n) is 3.32. The molecule has 0 saturated carbocycles. The summed E-state index contributed by atoms with van der Waals surface area (Å²) in [7, 11) is 0. The van der Waals surface area contributed by atoms with E-state index in [2.05, 4.69) is 92.8 Å². The molecule has 0 aliphatic rings. The van der Waals surface area contributed by atoms with Gasteiger partial charge in [0, 0.05) is 18.2 Å². The molecule has 0 saturated heterocycles. The number of benzene rings is 3. The van der Waals surface area contributed by atoms with E-state index in [1.54, 1.807) is 0 Å². The Balaban J connectivity index is 1.90. The minimum absolute atomic E-state index is 0.214. The number of nitrogens with one attached hydrogen (secondary N) is 1. The lowest BCUT2D eigenvalue weighted by Gasteiger charge is -2.21. The van der Waals surface area contributed by atoms with Crippen LogP contribution in [0, 0.1) is 0 Å². The van der Waals surface area contributed by atoms with Gasteiger partial charge in [-0.05, 0) is 42.2 Å². The van der Waals surface area contributed by atoms with Crippen molar-refractivity contribution < 1.29 is 4.74 Å². The molecule has 136 valence electrons. The van der Waals surface area contributed by atoms with Crippen molar-refractivity contribution in [1.82, 2.24) is 5.32 Å². The standard InChI is InChI=1S/C24H29NO/c1-4-18(3)26-24-16-15-19-11-9-10-14-21(19)22(24)17-25-23(5-2)20-12-7-6-8-13-20/h6-16,18,23,25H,4-5,17H2,1-3H3. The Morgan fingerprint density at radius 1 is 0.846 bits per heavy atom. The summed E-state index contributed by atoms with van der Waals surface area (Å²) < 4.78 is 6.23. The fraction of sp³-hybridized carbons (Fsp3) is 0.333. The van der Waals surface area contributed by atoms with Gasteiger partial charge in [-0.25, -0.2) is 0 Å². The Kier molecular flexibility index (Phi) is 6.30. The van der Waals surface area contributed by atoms with Crippen LogP contribution in [0.2, 0.25) is 0 Å². The van der Waals surface area contributed by atoms with E-state index in [9.17, 15) is 0 Å². The molecule has 2 unspecified atom stereocenters. The predicted molar refractivity (Wildman–Crippen MR) is 111 cm³/mol. The van der Waals surface area contributed by atoms with Gasteiger partial charge in [-0.1, -0.05) is 74.5 Å². The third-order valence-electron chi connectivity index (χ3n) is 5.04. The molecule has 0 amide bonds. The minimum atomic E-state index is 0.214. The highest BCUT2D eigenvalue weighted by atomic mass is 16.5. The molecule has 0 spiro atoms. The molecule has 0 aliphatic carbocycles. The van der Waals surface area contributed by atoms with Crippen LogP contribution in [0.5, 0.6) is 5.75 Å². The molecular weight excluding hydrogens is 318 g/mol. The lowest BCUT2D eigenvalue weighted by atomic mass is 10.0.